The maximum atomic E-state index is 10.3. The number of halogens is 1. The summed E-state index contributed by atoms with van der Waals surface area (Å²) in [5.41, 5.74) is 5.22. The van der Waals surface area contributed by atoms with Crippen molar-refractivity contribution in [3.63, 3.8) is 0 Å². The summed E-state index contributed by atoms with van der Waals surface area (Å²) in [5, 5.41) is 8.80. The third kappa shape index (κ3) is 2.86. The van der Waals surface area contributed by atoms with Crippen molar-refractivity contribution in [2.45, 2.75) is 6.04 Å². The van der Waals surface area contributed by atoms with E-state index in [1.165, 1.54) is 6.20 Å². The lowest BCUT2D eigenvalue weighted by molar-refractivity contribution is -0.139. The van der Waals surface area contributed by atoms with Crippen molar-refractivity contribution in [1.29, 1.82) is 0 Å². The van der Waals surface area contributed by atoms with Crippen LogP contribution in [0.25, 0.3) is 0 Å². The first-order valence-electron chi connectivity index (χ1n) is 3.83. The molecule has 1 atom stereocenters. The van der Waals surface area contributed by atoms with Crippen LogP contribution in [0.5, 0.6) is 5.88 Å². The van der Waals surface area contributed by atoms with Crippen LogP contribution < -0.4 is 10.5 Å². The Balaban J connectivity index is 2.54. The van der Waals surface area contributed by atoms with E-state index in [4.69, 9.17) is 27.2 Å². The van der Waals surface area contributed by atoms with Crippen LogP contribution in [0.3, 0.4) is 0 Å². The van der Waals surface area contributed by atoms with Crippen LogP contribution in [0.1, 0.15) is 0 Å². The zero-order valence-corrected chi connectivity index (χ0v) is 7.94. The highest BCUT2D eigenvalue weighted by Crippen LogP contribution is 2.19. The average molecular weight is 217 g/mol. The monoisotopic (exact) mass is 216 g/mol. The van der Waals surface area contributed by atoms with E-state index < -0.39 is 12.0 Å². The lowest BCUT2D eigenvalue weighted by atomic mass is 10.3. The second-order valence-corrected chi connectivity index (χ2v) is 2.95. The highest BCUT2D eigenvalue weighted by molar-refractivity contribution is 6.31. The number of pyridine rings is 1. The number of nitrogens with two attached hydrogens (primary N) is 1. The lowest BCUT2D eigenvalue weighted by Gasteiger charge is -2.08. The van der Waals surface area contributed by atoms with Gasteiger partial charge in [-0.05, 0) is 12.1 Å². The topological polar surface area (TPSA) is 85.4 Å². The maximum Gasteiger partial charge on any atom is 0.324 e. The molecule has 0 aliphatic rings. The summed E-state index contributed by atoms with van der Waals surface area (Å²) in [6.45, 7) is -0.161. The first-order chi connectivity index (χ1) is 6.61. The SMILES string of the molecule is NC(COc1ncccc1Cl)C(=O)O. The van der Waals surface area contributed by atoms with E-state index in [9.17, 15) is 4.79 Å². The number of hydrogen-bond donors (Lipinski definition) is 2. The highest BCUT2D eigenvalue weighted by Gasteiger charge is 2.13. The van der Waals surface area contributed by atoms with E-state index in [0.29, 0.717) is 5.02 Å². The van der Waals surface area contributed by atoms with Gasteiger partial charge in [-0.15, -0.1) is 0 Å². The van der Waals surface area contributed by atoms with Gasteiger partial charge < -0.3 is 15.6 Å². The fourth-order valence-corrected chi connectivity index (χ4v) is 0.894. The van der Waals surface area contributed by atoms with Gasteiger partial charge in [0, 0.05) is 6.20 Å². The van der Waals surface area contributed by atoms with Gasteiger partial charge in [-0.1, -0.05) is 11.6 Å². The minimum atomic E-state index is -1.13. The molecule has 14 heavy (non-hydrogen) atoms. The summed E-state index contributed by atoms with van der Waals surface area (Å²) in [5.74, 6) is -0.942. The van der Waals surface area contributed by atoms with E-state index in [-0.39, 0.29) is 12.5 Å². The van der Waals surface area contributed by atoms with Crippen molar-refractivity contribution in [3.05, 3.63) is 23.4 Å². The molecule has 0 radical (unpaired) electrons. The summed E-state index contributed by atoms with van der Waals surface area (Å²) in [6, 6.07) is 2.16. The molecule has 0 bridgehead atoms. The third-order valence-electron chi connectivity index (χ3n) is 1.44. The fraction of sp³-hybridized carbons (Fsp3) is 0.250. The van der Waals surface area contributed by atoms with Crippen molar-refractivity contribution in [2.75, 3.05) is 6.61 Å². The van der Waals surface area contributed by atoms with Gasteiger partial charge in [0.25, 0.3) is 0 Å². The molecular weight excluding hydrogens is 208 g/mol. The zero-order valence-electron chi connectivity index (χ0n) is 7.18. The molecule has 1 aromatic rings. The van der Waals surface area contributed by atoms with Crippen molar-refractivity contribution in [1.82, 2.24) is 4.98 Å². The molecule has 0 aromatic carbocycles. The second kappa shape index (κ2) is 4.78. The molecule has 1 unspecified atom stereocenters. The van der Waals surface area contributed by atoms with Crippen molar-refractivity contribution in [2.24, 2.45) is 5.73 Å². The van der Waals surface area contributed by atoms with Gasteiger partial charge in [0.1, 0.15) is 17.7 Å². The molecule has 0 spiro atoms. The molecule has 0 amide bonds. The molecule has 6 heteroatoms. The van der Waals surface area contributed by atoms with Gasteiger partial charge in [0.05, 0.1) is 0 Å². The average Bonchev–Trinajstić information content (AvgIpc) is 2.16. The molecule has 1 heterocycles. The summed E-state index contributed by atoms with van der Waals surface area (Å²) in [6.07, 6.45) is 1.49. The Labute approximate surface area is 85.5 Å². The standard InChI is InChI=1S/C8H9ClN2O3/c9-5-2-1-3-11-7(5)14-4-6(10)8(12)13/h1-3,6H,4,10H2,(H,12,13). The van der Waals surface area contributed by atoms with E-state index in [1.807, 2.05) is 0 Å². The van der Waals surface area contributed by atoms with Crippen molar-refractivity contribution < 1.29 is 14.6 Å². The Hall–Kier alpha value is -1.33. The Bertz CT molecular complexity index is 332. The van der Waals surface area contributed by atoms with Gasteiger partial charge in [-0.2, -0.15) is 0 Å². The van der Waals surface area contributed by atoms with Gasteiger partial charge >= 0.3 is 5.97 Å². The molecule has 3 N–H and O–H groups in total. The van der Waals surface area contributed by atoms with Gasteiger partial charge in [0.15, 0.2) is 0 Å². The van der Waals surface area contributed by atoms with Gasteiger partial charge in [0.2, 0.25) is 5.88 Å². The largest absolute Gasteiger partial charge is 0.480 e. The number of rotatable bonds is 4. The van der Waals surface area contributed by atoms with E-state index in [0.717, 1.165) is 0 Å². The Morgan fingerprint density at radius 3 is 3.07 bits per heavy atom. The molecule has 0 aliphatic heterocycles. The van der Waals surface area contributed by atoms with Crippen LogP contribution in [0, 0.1) is 0 Å². The summed E-state index contributed by atoms with van der Waals surface area (Å²) >= 11 is 5.71. The van der Waals surface area contributed by atoms with E-state index in [1.54, 1.807) is 12.1 Å². The van der Waals surface area contributed by atoms with Crippen molar-refractivity contribution >= 4 is 17.6 Å². The van der Waals surface area contributed by atoms with Crippen LogP contribution in [0.2, 0.25) is 5.02 Å². The van der Waals surface area contributed by atoms with E-state index in [2.05, 4.69) is 4.98 Å². The summed E-state index contributed by atoms with van der Waals surface area (Å²) < 4.78 is 5.01. The summed E-state index contributed by atoms with van der Waals surface area (Å²) in [4.78, 5) is 14.2. The minimum absolute atomic E-state index is 0.161. The quantitative estimate of drug-likeness (QED) is 0.767. The third-order valence-corrected chi connectivity index (χ3v) is 1.73. The smallest absolute Gasteiger partial charge is 0.324 e. The first kappa shape index (κ1) is 10.7. The molecule has 76 valence electrons. The van der Waals surface area contributed by atoms with Crippen molar-refractivity contribution in [3.8, 4) is 5.88 Å². The predicted molar refractivity (Wildman–Crippen MR) is 50.4 cm³/mol. The Kier molecular flexibility index (Phi) is 3.67. The number of carboxylic acid groups (broad SMARTS) is 1. The number of nitrogens with zero attached hydrogens (tertiary/aromatic N) is 1. The molecule has 0 fully saturated rings. The normalized spacial score (nSPS) is 12.1. The molecule has 1 aromatic heterocycles. The van der Waals surface area contributed by atoms with Crippen LogP contribution in [-0.2, 0) is 4.79 Å². The molecule has 0 saturated heterocycles. The number of ether oxygens (including phenoxy) is 1. The molecule has 5 nitrogen and oxygen atoms in total. The van der Waals surface area contributed by atoms with Crippen LogP contribution in [-0.4, -0.2) is 28.7 Å². The molecule has 0 saturated carbocycles. The van der Waals surface area contributed by atoms with Crippen LogP contribution >= 0.6 is 11.6 Å². The number of aliphatic carboxylic acids is 1. The number of carbonyl (C=O) groups is 1. The molecular formula is C8H9ClN2O3. The van der Waals surface area contributed by atoms with Gasteiger partial charge in [-0.3, -0.25) is 4.79 Å². The highest BCUT2D eigenvalue weighted by atomic mass is 35.5. The van der Waals surface area contributed by atoms with Crippen LogP contribution in [0.15, 0.2) is 18.3 Å². The Morgan fingerprint density at radius 2 is 2.50 bits per heavy atom. The first-order valence-corrected chi connectivity index (χ1v) is 4.20. The predicted octanol–water partition coefficient (Wildman–Crippen LogP) is 0.526. The lowest BCUT2D eigenvalue weighted by Crippen LogP contribution is -2.36. The zero-order chi connectivity index (χ0) is 10.6. The minimum Gasteiger partial charge on any atom is -0.480 e. The van der Waals surface area contributed by atoms with E-state index >= 15 is 0 Å². The second-order valence-electron chi connectivity index (χ2n) is 2.55. The molecule has 0 aliphatic carbocycles. The maximum absolute atomic E-state index is 10.3. The molecule has 1 rings (SSSR count). The number of aromatic nitrogens is 1. The fourth-order valence-electron chi connectivity index (χ4n) is 0.717. The summed E-state index contributed by atoms with van der Waals surface area (Å²) in [7, 11) is 0. The number of carboxylic acids is 1. The van der Waals surface area contributed by atoms with Crippen LogP contribution in [0.4, 0.5) is 0 Å². The Morgan fingerprint density at radius 1 is 1.79 bits per heavy atom. The van der Waals surface area contributed by atoms with Gasteiger partial charge in [-0.25, -0.2) is 4.98 Å². The number of hydrogen-bond acceptors (Lipinski definition) is 4.